The summed E-state index contributed by atoms with van der Waals surface area (Å²) < 4.78 is 5.70. The van der Waals surface area contributed by atoms with Crippen molar-refractivity contribution in [2.45, 2.75) is 45.8 Å². The Kier molecular flexibility index (Phi) is 5.26. The van der Waals surface area contributed by atoms with E-state index in [0.29, 0.717) is 23.4 Å². The van der Waals surface area contributed by atoms with Gasteiger partial charge in [0.25, 0.3) is 0 Å². The molecule has 3 rings (SSSR count). The van der Waals surface area contributed by atoms with E-state index in [1.807, 2.05) is 51.1 Å². The maximum atomic E-state index is 12.9. The Hall–Kier alpha value is -2.82. The van der Waals surface area contributed by atoms with Gasteiger partial charge in [-0.3, -0.25) is 9.59 Å². The molecule has 0 radical (unpaired) electrons. The van der Waals surface area contributed by atoms with E-state index in [4.69, 9.17) is 4.74 Å². The number of nitrogens with one attached hydrogen (secondary N) is 2. The van der Waals surface area contributed by atoms with Crippen LogP contribution in [-0.2, 0) is 11.2 Å². The minimum absolute atomic E-state index is 0.000559. The molecular formula is C21H24N2O3. The van der Waals surface area contributed by atoms with Crippen LogP contribution in [0.25, 0.3) is 0 Å². The van der Waals surface area contributed by atoms with Crippen LogP contribution < -0.4 is 15.4 Å². The van der Waals surface area contributed by atoms with E-state index in [-0.39, 0.29) is 30.3 Å². The van der Waals surface area contributed by atoms with Crippen LogP contribution in [0, 0.1) is 0 Å². The average Bonchev–Trinajstić information content (AvgIpc) is 2.70. The number of rotatable bonds is 5. The van der Waals surface area contributed by atoms with Crippen molar-refractivity contribution >= 4 is 23.1 Å². The van der Waals surface area contributed by atoms with Gasteiger partial charge in [0, 0.05) is 24.4 Å². The summed E-state index contributed by atoms with van der Waals surface area (Å²) in [6.07, 6.45) is 0.729. The lowest BCUT2D eigenvalue weighted by Gasteiger charge is -2.16. The molecule has 2 N–H and O–H groups in total. The molecule has 2 aromatic carbocycles. The van der Waals surface area contributed by atoms with E-state index in [1.54, 1.807) is 12.1 Å². The van der Waals surface area contributed by atoms with Crippen LogP contribution in [0.1, 0.15) is 43.1 Å². The number of carbonyl (C=O) groups excluding carboxylic acids is 2. The summed E-state index contributed by atoms with van der Waals surface area (Å²) in [6, 6.07) is 13.0. The molecule has 1 atom stereocenters. The molecular weight excluding hydrogens is 328 g/mol. The van der Waals surface area contributed by atoms with E-state index in [2.05, 4.69) is 10.6 Å². The van der Waals surface area contributed by atoms with Crippen molar-refractivity contribution in [3.8, 4) is 5.75 Å². The summed E-state index contributed by atoms with van der Waals surface area (Å²) in [5.74, 6) is 0.711. The quantitative estimate of drug-likeness (QED) is 0.797. The van der Waals surface area contributed by atoms with Gasteiger partial charge in [-0.1, -0.05) is 18.2 Å². The van der Waals surface area contributed by atoms with Gasteiger partial charge in [-0.15, -0.1) is 0 Å². The van der Waals surface area contributed by atoms with Crippen LogP contribution >= 0.6 is 0 Å². The third-order valence-electron chi connectivity index (χ3n) is 4.16. The number of benzene rings is 2. The average molecular weight is 352 g/mol. The molecule has 1 unspecified atom stereocenters. The molecule has 1 aliphatic rings. The second-order valence-electron chi connectivity index (χ2n) is 6.94. The molecule has 5 heteroatoms. The van der Waals surface area contributed by atoms with Gasteiger partial charge in [0.15, 0.2) is 5.78 Å². The van der Waals surface area contributed by atoms with Gasteiger partial charge in [-0.05, 0) is 50.6 Å². The number of carbonyl (C=O) groups is 2. The Labute approximate surface area is 153 Å². The number of hydrogen-bond donors (Lipinski definition) is 2. The number of amides is 1. The Bertz CT molecular complexity index is 830. The van der Waals surface area contributed by atoms with E-state index in [9.17, 15) is 9.59 Å². The summed E-state index contributed by atoms with van der Waals surface area (Å²) in [5.41, 5.74) is 2.84. The molecule has 0 fully saturated rings. The molecule has 0 saturated carbocycles. The number of ketones is 1. The van der Waals surface area contributed by atoms with Crippen LogP contribution in [-0.4, -0.2) is 23.8 Å². The number of hydrogen-bond acceptors (Lipinski definition) is 4. The highest BCUT2D eigenvalue weighted by Gasteiger charge is 2.22. The van der Waals surface area contributed by atoms with Crippen molar-refractivity contribution in [1.82, 2.24) is 0 Å². The zero-order valence-electron chi connectivity index (χ0n) is 15.3. The standard InChI is InChI=1S/C21H24N2O3/c1-13(2)26-16-7-4-6-15(11-16)12-19(24)17-8-5-9-18-21(17)22-14(3)10-20(25)23-18/h4-9,11,13-14,22H,10,12H2,1-3H3,(H,23,25). The highest BCUT2D eigenvalue weighted by molar-refractivity contribution is 6.07. The monoisotopic (exact) mass is 352 g/mol. The zero-order valence-corrected chi connectivity index (χ0v) is 15.3. The third-order valence-corrected chi connectivity index (χ3v) is 4.16. The van der Waals surface area contributed by atoms with Gasteiger partial charge in [0.1, 0.15) is 5.75 Å². The van der Waals surface area contributed by atoms with E-state index in [0.717, 1.165) is 11.3 Å². The summed E-state index contributed by atoms with van der Waals surface area (Å²) in [5, 5.41) is 6.17. The molecule has 1 aliphatic heterocycles. The predicted molar refractivity (Wildman–Crippen MR) is 103 cm³/mol. The van der Waals surface area contributed by atoms with Crippen LogP contribution in [0.3, 0.4) is 0 Å². The topological polar surface area (TPSA) is 67.4 Å². The maximum Gasteiger partial charge on any atom is 0.226 e. The van der Waals surface area contributed by atoms with Crippen molar-refractivity contribution in [3.05, 3.63) is 53.6 Å². The van der Waals surface area contributed by atoms with Gasteiger partial charge in [0.2, 0.25) is 5.91 Å². The number of ether oxygens (including phenoxy) is 1. The van der Waals surface area contributed by atoms with E-state index in [1.165, 1.54) is 0 Å². The number of fused-ring (bicyclic) bond motifs is 1. The maximum absolute atomic E-state index is 12.9. The van der Waals surface area contributed by atoms with Crippen LogP contribution in [0.15, 0.2) is 42.5 Å². The highest BCUT2D eigenvalue weighted by Crippen LogP contribution is 2.31. The second-order valence-corrected chi connectivity index (χ2v) is 6.94. The normalized spacial score (nSPS) is 16.3. The lowest BCUT2D eigenvalue weighted by molar-refractivity contribution is -0.116. The first-order chi connectivity index (χ1) is 12.4. The third kappa shape index (κ3) is 4.23. The van der Waals surface area contributed by atoms with Crippen molar-refractivity contribution < 1.29 is 14.3 Å². The fourth-order valence-corrected chi connectivity index (χ4v) is 3.10. The van der Waals surface area contributed by atoms with Crippen LogP contribution in [0.5, 0.6) is 5.75 Å². The fraction of sp³-hybridized carbons (Fsp3) is 0.333. The van der Waals surface area contributed by atoms with Gasteiger partial charge in [-0.2, -0.15) is 0 Å². The minimum Gasteiger partial charge on any atom is -0.491 e. The number of para-hydroxylation sites is 1. The lowest BCUT2D eigenvalue weighted by Crippen LogP contribution is -2.19. The van der Waals surface area contributed by atoms with Gasteiger partial charge in [-0.25, -0.2) is 0 Å². The van der Waals surface area contributed by atoms with Crippen LogP contribution in [0.4, 0.5) is 11.4 Å². The first-order valence-corrected chi connectivity index (χ1v) is 8.90. The number of anilines is 2. The number of Topliss-reactive ketones (excluding diaryl/α,β-unsaturated/α-hetero) is 1. The first-order valence-electron chi connectivity index (χ1n) is 8.90. The molecule has 1 amide bonds. The van der Waals surface area contributed by atoms with Gasteiger partial charge >= 0.3 is 0 Å². The summed E-state index contributed by atoms with van der Waals surface area (Å²) in [4.78, 5) is 24.8. The van der Waals surface area contributed by atoms with Gasteiger partial charge in [0.05, 0.1) is 17.5 Å². The Morgan fingerprint density at radius 1 is 1.23 bits per heavy atom. The highest BCUT2D eigenvalue weighted by atomic mass is 16.5. The summed E-state index contributed by atoms with van der Waals surface area (Å²) >= 11 is 0. The van der Waals surface area contributed by atoms with Crippen LogP contribution in [0.2, 0.25) is 0 Å². The SMILES string of the molecule is CC1CC(=O)Nc2cccc(C(=O)Cc3cccc(OC(C)C)c3)c2N1. The largest absolute Gasteiger partial charge is 0.491 e. The predicted octanol–water partition coefficient (Wildman–Crippen LogP) is 4.04. The molecule has 2 aromatic rings. The molecule has 0 spiro atoms. The summed E-state index contributed by atoms with van der Waals surface area (Å²) in [6.45, 7) is 5.87. The van der Waals surface area contributed by atoms with Crippen molar-refractivity contribution in [3.63, 3.8) is 0 Å². The molecule has 0 aromatic heterocycles. The molecule has 0 bridgehead atoms. The minimum atomic E-state index is -0.0492. The van der Waals surface area contributed by atoms with E-state index >= 15 is 0 Å². The van der Waals surface area contributed by atoms with Crippen molar-refractivity contribution in [2.75, 3.05) is 10.6 Å². The molecule has 26 heavy (non-hydrogen) atoms. The Morgan fingerprint density at radius 2 is 2.00 bits per heavy atom. The van der Waals surface area contributed by atoms with Gasteiger partial charge < -0.3 is 15.4 Å². The van der Waals surface area contributed by atoms with Crippen molar-refractivity contribution in [2.24, 2.45) is 0 Å². The zero-order chi connectivity index (χ0) is 18.7. The lowest BCUT2D eigenvalue weighted by atomic mass is 10.00. The molecule has 136 valence electrons. The van der Waals surface area contributed by atoms with Crippen molar-refractivity contribution in [1.29, 1.82) is 0 Å². The smallest absolute Gasteiger partial charge is 0.226 e. The first kappa shape index (κ1) is 18.0. The summed E-state index contributed by atoms with van der Waals surface area (Å²) in [7, 11) is 0. The Balaban J connectivity index is 1.85. The molecule has 0 saturated heterocycles. The molecule has 0 aliphatic carbocycles. The molecule has 1 heterocycles. The van der Waals surface area contributed by atoms with E-state index < -0.39 is 0 Å². The molecule has 5 nitrogen and oxygen atoms in total. The second kappa shape index (κ2) is 7.60. The fourth-order valence-electron chi connectivity index (χ4n) is 3.10. The Morgan fingerprint density at radius 3 is 2.77 bits per heavy atom.